The highest BCUT2D eigenvalue weighted by Gasteiger charge is 2.12. The van der Waals surface area contributed by atoms with Crippen molar-refractivity contribution >= 4 is 11.8 Å². The molecule has 1 aromatic heterocycles. The van der Waals surface area contributed by atoms with Crippen molar-refractivity contribution in [1.82, 2.24) is 4.98 Å². The largest absolute Gasteiger partial charge is 0.466 e. The normalized spacial score (nSPS) is 9.81. The van der Waals surface area contributed by atoms with Crippen LogP contribution in [0.4, 0.5) is 5.82 Å². The minimum atomic E-state index is -0.713. The van der Waals surface area contributed by atoms with E-state index in [4.69, 9.17) is 0 Å². The summed E-state index contributed by atoms with van der Waals surface area (Å²) in [6.45, 7) is 1.88. The molecule has 0 saturated carbocycles. The number of ether oxygens (including phenoxy) is 1. The molecule has 1 aromatic rings. The van der Waals surface area contributed by atoms with Crippen LogP contribution >= 0.6 is 0 Å². The van der Waals surface area contributed by atoms with Crippen LogP contribution in [0.25, 0.3) is 0 Å². The van der Waals surface area contributed by atoms with Crippen molar-refractivity contribution in [2.24, 2.45) is 0 Å². The minimum Gasteiger partial charge on any atom is -0.466 e. The van der Waals surface area contributed by atoms with Crippen molar-refractivity contribution in [1.29, 1.82) is 0 Å². The van der Waals surface area contributed by atoms with Gasteiger partial charge < -0.3 is 14.9 Å². The predicted octanol–water partition coefficient (Wildman–Crippen LogP) is 0.389. The van der Waals surface area contributed by atoms with Gasteiger partial charge in [0.15, 0.2) is 5.43 Å². The average Bonchev–Trinajstić information content (AvgIpc) is 2.21. The van der Waals surface area contributed by atoms with Gasteiger partial charge in [-0.2, -0.15) is 0 Å². The molecule has 0 bridgehead atoms. The van der Waals surface area contributed by atoms with Gasteiger partial charge in [-0.1, -0.05) is 0 Å². The Labute approximate surface area is 90.2 Å². The highest BCUT2D eigenvalue weighted by Crippen LogP contribution is 2.03. The van der Waals surface area contributed by atoms with E-state index in [0.29, 0.717) is 0 Å². The van der Waals surface area contributed by atoms with E-state index in [1.165, 1.54) is 0 Å². The molecule has 1 N–H and O–H groups in total. The Morgan fingerprint density at radius 3 is 2.81 bits per heavy atom. The molecule has 0 aliphatic carbocycles. The molecule has 7 nitrogen and oxygen atoms in total. The number of aromatic nitrogens is 1. The second kappa shape index (κ2) is 5.06. The van der Waals surface area contributed by atoms with Crippen molar-refractivity contribution in [3.63, 3.8) is 0 Å². The van der Waals surface area contributed by atoms with Crippen LogP contribution in [-0.2, 0) is 16.0 Å². The maximum atomic E-state index is 11.4. The standard InChI is InChI=1S/C9H10N2O5/c1-2-16-9(13)3-6-5-10-8(11(14)15)4-7(6)12/h4-5H,2-3H2,1H3,(H,10,12). The number of nitrogens with one attached hydrogen (secondary N) is 1. The number of H-pyrrole nitrogens is 1. The van der Waals surface area contributed by atoms with Crippen molar-refractivity contribution in [3.05, 3.63) is 38.2 Å². The fraction of sp³-hybridized carbons (Fsp3) is 0.333. The molecule has 86 valence electrons. The van der Waals surface area contributed by atoms with Crippen LogP contribution in [0.2, 0.25) is 0 Å². The third kappa shape index (κ3) is 2.91. The van der Waals surface area contributed by atoms with Gasteiger partial charge in [0.1, 0.15) is 0 Å². The van der Waals surface area contributed by atoms with E-state index < -0.39 is 22.1 Å². The maximum absolute atomic E-state index is 11.4. The van der Waals surface area contributed by atoms with Crippen LogP contribution in [0, 0.1) is 10.1 Å². The quantitative estimate of drug-likeness (QED) is 0.454. The topological polar surface area (TPSA) is 102 Å². The first-order chi connectivity index (χ1) is 7.54. The summed E-state index contributed by atoms with van der Waals surface area (Å²) in [6.07, 6.45) is 0.957. The van der Waals surface area contributed by atoms with Crippen LogP contribution in [0.1, 0.15) is 12.5 Å². The smallest absolute Gasteiger partial charge is 0.324 e. The van der Waals surface area contributed by atoms with Crippen molar-refractivity contribution in [3.8, 4) is 0 Å². The Morgan fingerprint density at radius 2 is 2.31 bits per heavy atom. The molecule has 7 heteroatoms. The lowest BCUT2D eigenvalue weighted by Gasteiger charge is -2.00. The Kier molecular flexibility index (Phi) is 3.76. The summed E-state index contributed by atoms with van der Waals surface area (Å²) in [7, 11) is 0. The number of hydrogen-bond acceptors (Lipinski definition) is 5. The Hall–Kier alpha value is -2.18. The van der Waals surface area contributed by atoms with Crippen molar-refractivity contribution in [2.45, 2.75) is 13.3 Å². The molecule has 1 heterocycles. The maximum Gasteiger partial charge on any atom is 0.324 e. The van der Waals surface area contributed by atoms with Gasteiger partial charge in [-0.25, -0.2) is 4.98 Å². The Bertz CT molecular complexity index is 465. The molecule has 0 spiro atoms. The third-order valence-corrected chi connectivity index (χ3v) is 1.82. The molecule has 0 amide bonds. The number of pyridine rings is 1. The summed E-state index contributed by atoms with van der Waals surface area (Å²) >= 11 is 0. The molecule has 0 aliphatic heterocycles. The molecule has 0 unspecified atom stereocenters. The van der Waals surface area contributed by atoms with E-state index in [2.05, 4.69) is 9.72 Å². The second-order valence-electron chi connectivity index (χ2n) is 2.95. The fourth-order valence-electron chi connectivity index (χ4n) is 1.10. The molecule has 1 rings (SSSR count). The summed E-state index contributed by atoms with van der Waals surface area (Å²) in [4.78, 5) is 34.4. The number of carbonyl (C=O) groups is 1. The predicted molar refractivity (Wildman–Crippen MR) is 54.1 cm³/mol. The summed E-state index contributed by atoms with van der Waals surface area (Å²) in [6, 6.07) is 0.842. The number of esters is 1. The van der Waals surface area contributed by atoms with Gasteiger partial charge in [-0.3, -0.25) is 9.59 Å². The van der Waals surface area contributed by atoms with Gasteiger partial charge in [0, 0.05) is 5.56 Å². The first-order valence-electron chi connectivity index (χ1n) is 4.56. The fourth-order valence-corrected chi connectivity index (χ4v) is 1.10. The van der Waals surface area contributed by atoms with Gasteiger partial charge in [0.05, 0.1) is 25.3 Å². The number of carbonyl (C=O) groups excluding carboxylic acids is 1. The SMILES string of the molecule is CCOC(=O)Cc1c[nH]c([N+](=O)[O-])cc1=O. The summed E-state index contributed by atoms with van der Waals surface area (Å²) in [5.74, 6) is -0.945. The van der Waals surface area contributed by atoms with Gasteiger partial charge in [-0.15, -0.1) is 0 Å². The molecule has 0 radical (unpaired) electrons. The first kappa shape index (κ1) is 11.9. The molecule has 0 aromatic carbocycles. The van der Waals surface area contributed by atoms with E-state index in [0.717, 1.165) is 12.3 Å². The Balaban J connectivity index is 2.88. The first-order valence-corrected chi connectivity index (χ1v) is 4.56. The lowest BCUT2D eigenvalue weighted by Crippen LogP contribution is -2.16. The number of nitrogens with zero attached hydrogens (tertiary/aromatic N) is 1. The van der Waals surface area contributed by atoms with Gasteiger partial charge in [0.2, 0.25) is 0 Å². The summed E-state index contributed by atoms with van der Waals surface area (Å²) < 4.78 is 4.65. The molecule has 0 atom stereocenters. The molecule has 0 aliphatic rings. The lowest BCUT2D eigenvalue weighted by molar-refractivity contribution is -0.389. The average molecular weight is 226 g/mol. The van der Waals surface area contributed by atoms with Crippen molar-refractivity contribution < 1.29 is 14.5 Å². The van der Waals surface area contributed by atoms with Gasteiger partial charge in [-0.05, 0) is 11.8 Å². The van der Waals surface area contributed by atoms with Crippen LogP contribution in [0.5, 0.6) is 0 Å². The van der Waals surface area contributed by atoms with E-state index >= 15 is 0 Å². The zero-order valence-electron chi connectivity index (χ0n) is 8.56. The van der Waals surface area contributed by atoms with Crippen LogP contribution in [0.3, 0.4) is 0 Å². The Morgan fingerprint density at radius 1 is 1.62 bits per heavy atom. The highest BCUT2D eigenvalue weighted by molar-refractivity contribution is 5.72. The second-order valence-corrected chi connectivity index (χ2v) is 2.95. The summed E-state index contributed by atoms with van der Waals surface area (Å²) in [5.41, 5.74) is -0.414. The molecular weight excluding hydrogens is 216 g/mol. The number of aromatic amines is 1. The van der Waals surface area contributed by atoms with Gasteiger partial charge in [0.25, 0.3) is 0 Å². The number of nitro groups is 1. The molecule has 0 fully saturated rings. The third-order valence-electron chi connectivity index (χ3n) is 1.82. The van der Waals surface area contributed by atoms with Crippen LogP contribution in [0.15, 0.2) is 17.1 Å². The highest BCUT2D eigenvalue weighted by atomic mass is 16.6. The van der Waals surface area contributed by atoms with Gasteiger partial charge >= 0.3 is 11.8 Å². The number of hydrogen-bond donors (Lipinski definition) is 1. The monoisotopic (exact) mass is 226 g/mol. The summed E-state index contributed by atoms with van der Waals surface area (Å²) in [5, 5.41) is 10.3. The lowest BCUT2D eigenvalue weighted by atomic mass is 10.2. The zero-order valence-corrected chi connectivity index (χ0v) is 8.56. The zero-order chi connectivity index (χ0) is 12.1. The molecule has 16 heavy (non-hydrogen) atoms. The minimum absolute atomic E-state index is 0.143. The van der Waals surface area contributed by atoms with Crippen molar-refractivity contribution in [2.75, 3.05) is 6.61 Å². The van der Waals surface area contributed by atoms with Crippen LogP contribution in [-0.4, -0.2) is 22.5 Å². The van der Waals surface area contributed by atoms with Crippen LogP contribution < -0.4 is 5.43 Å². The number of rotatable bonds is 4. The van der Waals surface area contributed by atoms with E-state index in [-0.39, 0.29) is 18.6 Å². The molecule has 0 saturated heterocycles. The molecular formula is C9H10N2O5. The van der Waals surface area contributed by atoms with E-state index in [1.807, 2.05) is 0 Å². The van der Waals surface area contributed by atoms with E-state index in [1.54, 1.807) is 6.92 Å². The van der Waals surface area contributed by atoms with E-state index in [9.17, 15) is 19.7 Å².